The average molecular weight is 335 g/mol. The lowest BCUT2D eigenvalue weighted by Gasteiger charge is -2.26. The topological polar surface area (TPSA) is 46.8 Å². The van der Waals surface area contributed by atoms with Gasteiger partial charge in [-0.15, -0.1) is 0 Å². The van der Waals surface area contributed by atoms with Crippen LogP contribution in [-0.4, -0.2) is 40.6 Å². The molecule has 1 amide bonds. The van der Waals surface area contributed by atoms with Crippen molar-refractivity contribution < 1.29 is 9.53 Å². The summed E-state index contributed by atoms with van der Waals surface area (Å²) in [5.41, 5.74) is 3.67. The van der Waals surface area contributed by atoms with Crippen LogP contribution in [0.15, 0.2) is 48.8 Å². The number of ether oxygens (including phenoxy) is 1. The van der Waals surface area contributed by atoms with Crippen LogP contribution in [0.25, 0.3) is 16.6 Å². The Bertz CT molecular complexity index is 893. The smallest absolute Gasteiger partial charge is 0.257 e. The number of carbonyl (C=O) groups excluding carboxylic acids is 1. The SMILES string of the molecule is COc1ccc(-c2ccc3c(C(=O)N4CCCCC4)cnn3c2)cc1. The lowest BCUT2D eigenvalue weighted by molar-refractivity contribution is 0.0726. The fourth-order valence-electron chi connectivity index (χ4n) is 3.37. The first-order chi connectivity index (χ1) is 12.3. The summed E-state index contributed by atoms with van der Waals surface area (Å²) in [7, 11) is 1.66. The lowest BCUT2D eigenvalue weighted by Crippen LogP contribution is -2.35. The van der Waals surface area contributed by atoms with E-state index in [0.29, 0.717) is 5.56 Å². The van der Waals surface area contributed by atoms with Crippen molar-refractivity contribution in [2.75, 3.05) is 20.2 Å². The lowest BCUT2D eigenvalue weighted by atomic mass is 10.1. The molecule has 1 fully saturated rings. The van der Waals surface area contributed by atoms with Crippen molar-refractivity contribution in [1.29, 1.82) is 0 Å². The van der Waals surface area contributed by atoms with Crippen molar-refractivity contribution in [3.05, 3.63) is 54.4 Å². The van der Waals surface area contributed by atoms with Gasteiger partial charge in [0.1, 0.15) is 5.75 Å². The Hall–Kier alpha value is -2.82. The normalized spacial score (nSPS) is 14.7. The van der Waals surface area contributed by atoms with Gasteiger partial charge in [-0.2, -0.15) is 5.10 Å². The predicted molar refractivity (Wildman–Crippen MR) is 96.9 cm³/mol. The van der Waals surface area contributed by atoms with Gasteiger partial charge in [-0.25, -0.2) is 4.52 Å². The second kappa shape index (κ2) is 6.59. The molecule has 0 bridgehead atoms. The zero-order valence-electron chi connectivity index (χ0n) is 14.3. The van der Waals surface area contributed by atoms with Crippen molar-refractivity contribution in [3.8, 4) is 16.9 Å². The van der Waals surface area contributed by atoms with Gasteiger partial charge >= 0.3 is 0 Å². The minimum absolute atomic E-state index is 0.0897. The molecule has 1 aromatic carbocycles. The number of piperidine rings is 1. The van der Waals surface area contributed by atoms with Crippen LogP contribution in [0.3, 0.4) is 0 Å². The third-order valence-electron chi connectivity index (χ3n) is 4.81. The summed E-state index contributed by atoms with van der Waals surface area (Å²) in [5.74, 6) is 0.922. The highest BCUT2D eigenvalue weighted by Gasteiger charge is 2.21. The van der Waals surface area contributed by atoms with Crippen molar-refractivity contribution in [3.63, 3.8) is 0 Å². The molecular weight excluding hydrogens is 314 g/mol. The second-order valence-corrected chi connectivity index (χ2v) is 6.39. The Kier molecular flexibility index (Phi) is 4.14. The minimum Gasteiger partial charge on any atom is -0.497 e. The third kappa shape index (κ3) is 2.97. The van der Waals surface area contributed by atoms with Gasteiger partial charge in [0.2, 0.25) is 0 Å². The van der Waals surface area contributed by atoms with E-state index < -0.39 is 0 Å². The highest BCUT2D eigenvalue weighted by Crippen LogP contribution is 2.24. The van der Waals surface area contributed by atoms with Crippen LogP contribution in [0.4, 0.5) is 0 Å². The Morgan fingerprint density at radius 3 is 2.44 bits per heavy atom. The number of carbonyl (C=O) groups is 1. The first kappa shape index (κ1) is 15.7. The molecule has 1 saturated heterocycles. The van der Waals surface area contributed by atoms with Crippen LogP contribution < -0.4 is 4.74 Å². The zero-order valence-corrected chi connectivity index (χ0v) is 14.3. The molecule has 3 heterocycles. The maximum Gasteiger partial charge on any atom is 0.257 e. The molecule has 0 unspecified atom stereocenters. The molecule has 1 aliphatic heterocycles. The number of aromatic nitrogens is 2. The second-order valence-electron chi connectivity index (χ2n) is 6.39. The molecule has 0 N–H and O–H groups in total. The van der Waals surface area contributed by atoms with E-state index in [1.807, 2.05) is 47.5 Å². The van der Waals surface area contributed by atoms with Crippen LogP contribution in [0, 0.1) is 0 Å². The van der Waals surface area contributed by atoms with E-state index in [-0.39, 0.29) is 5.91 Å². The van der Waals surface area contributed by atoms with Gasteiger partial charge < -0.3 is 9.64 Å². The van der Waals surface area contributed by atoms with E-state index in [1.165, 1.54) is 6.42 Å². The number of fused-ring (bicyclic) bond motifs is 1. The number of hydrogen-bond acceptors (Lipinski definition) is 3. The number of hydrogen-bond donors (Lipinski definition) is 0. The number of pyridine rings is 1. The molecule has 0 aliphatic carbocycles. The maximum atomic E-state index is 12.8. The average Bonchev–Trinajstić information content (AvgIpc) is 3.11. The van der Waals surface area contributed by atoms with Crippen molar-refractivity contribution >= 4 is 11.4 Å². The van der Waals surface area contributed by atoms with Gasteiger partial charge in [0, 0.05) is 24.8 Å². The molecular formula is C20H21N3O2. The summed E-state index contributed by atoms with van der Waals surface area (Å²) in [4.78, 5) is 14.7. The molecule has 25 heavy (non-hydrogen) atoms. The highest BCUT2D eigenvalue weighted by molar-refractivity contribution is 6.00. The first-order valence-electron chi connectivity index (χ1n) is 8.67. The number of nitrogens with zero attached hydrogens (tertiary/aromatic N) is 3. The standard InChI is InChI=1S/C20H21N3O2/c1-25-17-8-5-15(6-9-17)16-7-10-19-18(13-21-23(19)14-16)20(24)22-11-3-2-4-12-22/h5-10,13-14H,2-4,11-12H2,1H3. The molecule has 4 rings (SSSR count). The fourth-order valence-corrected chi connectivity index (χ4v) is 3.37. The molecule has 0 spiro atoms. The molecule has 0 atom stereocenters. The van der Waals surface area contributed by atoms with Gasteiger partial charge in [-0.3, -0.25) is 4.79 Å². The van der Waals surface area contributed by atoms with Crippen LogP contribution in [-0.2, 0) is 0 Å². The predicted octanol–water partition coefficient (Wildman–Crippen LogP) is 3.64. The largest absolute Gasteiger partial charge is 0.497 e. The summed E-state index contributed by atoms with van der Waals surface area (Å²) in [6.07, 6.45) is 7.04. The molecule has 0 saturated carbocycles. The Morgan fingerprint density at radius 1 is 1.00 bits per heavy atom. The van der Waals surface area contributed by atoms with Crippen LogP contribution >= 0.6 is 0 Å². The summed E-state index contributed by atoms with van der Waals surface area (Å²) in [6.45, 7) is 1.69. The summed E-state index contributed by atoms with van der Waals surface area (Å²) in [5, 5.41) is 4.40. The van der Waals surface area contributed by atoms with Crippen LogP contribution in [0.5, 0.6) is 5.75 Å². The molecule has 3 aromatic rings. The number of benzene rings is 1. The Balaban J connectivity index is 1.65. The van der Waals surface area contributed by atoms with Crippen LogP contribution in [0.1, 0.15) is 29.6 Å². The van der Waals surface area contributed by atoms with Crippen LogP contribution in [0.2, 0.25) is 0 Å². The van der Waals surface area contributed by atoms with Crippen molar-refractivity contribution in [2.45, 2.75) is 19.3 Å². The summed E-state index contributed by atoms with van der Waals surface area (Å²) < 4.78 is 6.99. The van der Waals surface area contributed by atoms with E-state index in [0.717, 1.165) is 48.3 Å². The quantitative estimate of drug-likeness (QED) is 0.734. The van der Waals surface area contributed by atoms with Gasteiger partial charge in [-0.05, 0) is 43.0 Å². The van der Waals surface area contributed by atoms with E-state index in [2.05, 4.69) is 5.10 Å². The molecule has 5 nitrogen and oxygen atoms in total. The maximum absolute atomic E-state index is 12.8. The van der Waals surface area contributed by atoms with Crippen molar-refractivity contribution in [2.24, 2.45) is 0 Å². The van der Waals surface area contributed by atoms with Gasteiger partial charge in [0.15, 0.2) is 0 Å². The summed E-state index contributed by atoms with van der Waals surface area (Å²) in [6, 6.07) is 11.9. The van der Waals surface area contributed by atoms with Gasteiger partial charge in [0.05, 0.1) is 24.4 Å². The van der Waals surface area contributed by atoms with E-state index in [9.17, 15) is 4.79 Å². The highest BCUT2D eigenvalue weighted by atomic mass is 16.5. The van der Waals surface area contributed by atoms with Gasteiger partial charge in [-0.1, -0.05) is 18.2 Å². The first-order valence-corrected chi connectivity index (χ1v) is 8.67. The third-order valence-corrected chi connectivity index (χ3v) is 4.81. The van der Waals surface area contributed by atoms with Crippen molar-refractivity contribution in [1.82, 2.24) is 14.5 Å². The van der Waals surface area contributed by atoms with E-state index >= 15 is 0 Å². The molecule has 128 valence electrons. The summed E-state index contributed by atoms with van der Waals surface area (Å²) >= 11 is 0. The monoisotopic (exact) mass is 335 g/mol. The number of rotatable bonds is 3. The van der Waals surface area contributed by atoms with E-state index in [4.69, 9.17) is 4.74 Å². The minimum atomic E-state index is 0.0897. The molecule has 1 aliphatic rings. The van der Waals surface area contributed by atoms with Gasteiger partial charge in [0.25, 0.3) is 5.91 Å². The molecule has 2 aromatic heterocycles. The fraction of sp³-hybridized carbons (Fsp3) is 0.300. The van der Waals surface area contributed by atoms with E-state index in [1.54, 1.807) is 17.8 Å². The molecule has 5 heteroatoms. The zero-order chi connectivity index (χ0) is 17.2. The number of likely N-dealkylation sites (tertiary alicyclic amines) is 1. The Morgan fingerprint density at radius 2 is 1.72 bits per heavy atom. The Labute approximate surface area is 146 Å². The number of methoxy groups -OCH3 is 1. The number of amides is 1. The molecule has 0 radical (unpaired) electrons.